The zero-order chi connectivity index (χ0) is 11.0. The summed E-state index contributed by atoms with van der Waals surface area (Å²) in [5.41, 5.74) is 0. The van der Waals surface area contributed by atoms with Crippen molar-refractivity contribution in [1.29, 1.82) is 0 Å². The zero-order valence-electron chi connectivity index (χ0n) is 10.2. The molecule has 0 aromatic carbocycles. The van der Waals surface area contributed by atoms with Gasteiger partial charge in [0.1, 0.15) is 0 Å². The maximum absolute atomic E-state index is 3.57. The quantitative estimate of drug-likeness (QED) is 0.694. The first-order valence-corrected chi connectivity index (χ1v) is 7.84. The van der Waals surface area contributed by atoms with Gasteiger partial charge in [-0.25, -0.2) is 0 Å². The van der Waals surface area contributed by atoms with Crippen LogP contribution < -0.4 is 5.32 Å². The predicted molar refractivity (Wildman–Crippen MR) is 72.6 cm³/mol. The van der Waals surface area contributed by atoms with Crippen LogP contribution in [0.15, 0.2) is 0 Å². The van der Waals surface area contributed by atoms with Gasteiger partial charge in [0.25, 0.3) is 0 Å². The standard InChI is InChI=1S/C11H25NS2/c1-9(2)7-14-8-10(3)12-6-11(4)13-5/h9-12H,6-8H2,1-5H3. The molecule has 0 saturated heterocycles. The minimum Gasteiger partial charge on any atom is -0.312 e. The van der Waals surface area contributed by atoms with E-state index in [2.05, 4.69) is 51.0 Å². The van der Waals surface area contributed by atoms with Crippen LogP contribution in [0.2, 0.25) is 0 Å². The molecule has 0 aliphatic heterocycles. The summed E-state index contributed by atoms with van der Waals surface area (Å²) in [4.78, 5) is 0. The van der Waals surface area contributed by atoms with E-state index in [1.54, 1.807) is 0 Å². The van der Waals surface area contributed by atoms with Crippen LogP contribution in [-0.4, -0.2) is 35.6 Å². The van der Waals surface area contributed by atoms with Crippen molar-refractivity contribution in [3.63, 3.8) is 0 Å². The Morgan fingerprint density at radius 2 is 1.71 bits per heavy atom. The highest BCUT2D eigenvalue weighted by Crippen LogP contribution is 2.09. The Hall–Kier alpha value is 0.660. The van der Waals surface area contributed by atoms with Crippen molar-refractivity contribution in [2.24, 2.45) is 5.92 Å². The van der Waals surface area contributed by atoms with Gasteiger partial charge >= 0.3 is 0 Å². The lowest BCUT2D eigenvalue weighted by molar-refractivity contribution is 0.595. The van der Waals surface area contributed by atoms with E-state index in [1.165, 1.54) is 11.5 Å². The first kappa shape index (κ1) is 14.7. The summed E-state index contributed by atoms with van der Waals surface area (Å²) in [6.07, 6.45) is 2.17. The zero-order valence-corrected chi connectivity index (χ0v) is 11.8. The van der Waals surface area contributed by atoms with Gasteiger partial charge < -0.3 is 5.32 Å². The number of hydrogen-bond acceptors (Lipinski definition) is 3. The van der Waals surface area contributed by atoms with Crippen LogP contribution in [0, 0.1) is 5.92 Å². The smallest absolute Gasteiger partial charge is 0.0141 e. The van der Waals surface area contributed by atoms with E-state index in [1.807, 2.05) is 11.8 Å². The van der Waals surface area contributed by atoms with E-state index in [9.17, 15) is 0 Å². The average molecular weight is 235 g/mol. The lowest BCUT2D eigenvalue weighted by Crippen LogP contribution is -2.33. The molecule has 0 aromatic heterocycles. The van der Waals surface area contributed by atoms with Crippen LogP contribution in [0.5, 0.6) is 0 Å². The third kappa shape index (κ3) is 9.22. The maximum Gasteiger partial charge on any atom is 0.0141 e. The van der Waals surface area contributed by atoms with Gasteiger partial charge in [-0.3, -0.25) is 0 Å². The molecule has 3 heteroatoms. The third-order valence-corrected chi connectivity index (χ3v) is 4.58. The van der Waals surface area contributed by atoms with Crippen molar-refractivity contribution in [2.75, 3.05) is 24.3 Å². The van der Waals surface area contributed by atoms with Crippen LogP contribution >= 0.6 is 23.5 Å². The molecule has 0 spiro atoms. The summed E-state index contributed by atoms with van der Waals surface area (Å²) in [5, 5.41) is 4.29. The Balaban J connectivity index is 3.32. The highest BCUT2D eigenvalue weighted by atomic mass is 32.2. The van der Waals surface area contributed by atoms with Gasteiger partial charge in [0.15, 0.2) is 0 Å². The Kier molecular flexibility index (Phi) is 9.35. The topological polar surface area (TPSA) is 12.0 Å². The fourth-order valence-corrected chi connectivity index (χ4v) is 2.33. The van der Waals surface area contributed by atoms with Crippen LogP contribution in [0.3, 0.4) is 0 Å². The minimum atomic E-state index is 0.647. The minimum absolute atomic E-state index is 0.647. The highest BCUT2D eigenvalue weighted by Gasteiger charge is 2.04. The molecule has 1 nitrogen and oxygen atoms in total. The predicted octanol–water partition coefficient (Wildman–Crippen LogP) is 3.11. The fourth-order valence-electron chi connectivity index (χ4n) is 0.990. The molecule has 0 amide bonds. The van der Waals surface area contributed by atoms with E-state index in [0.717, 1.165) is 17.7 Å². The summed E-state index contributed by atoms with van der Waals surface area (Å²) >= 11 is 3.99. The first-order chi connectivity index (χ1) is 6.56. The summed E-state index contributed by atoms with van der Waals surface area (Å²) in [7, 11) is 0. The third-order valence-electron chi connectivity index (χ3n) is 1.98. The second-order valence-electron chi connectivity index (χ2n) is 4.29. The molecular weight excluding hydrogens is 210 g/mol. The second kappa shape index (κ2) is 8.93. The molecule has 0 fully saturated rings. The summed E-state index contributed by atoms with van der Waals surface area (Å²) in [6, 6.07) is 0.647. The Labute approximate surface area is 98.2 Å². The molecule has 0 aromatic rings. The maximum atomic E-state index is 3.57. The van der Waals surface area contributed by atoms with Gasteiger partial charge in [0.2, 0.25) is 0 Å². The molecule has 2 atom stereocenters. The number of hydrogen-bond donors (Lipinski definition) is 1. The molecule has 0 bridgehead atoms. The SMILES string of the molecule is CSC(C)CNC(C)CSCC(C)C. The summed E-state index contributed by atoms with van der Waals surface area (Å²) in [6.45, 7) is 10.2. The second-order valence-corrected chi connectivity index (χ2v) is 6.64. The van der Waals surface area contributed by atoms with Crippen molar-refractivity contribution in [3.8, 4) is 0 Å². The molecule has 0 aliphatic rings. The molecule has 0 radical (unpaired) electrons. The Bertz CT molecular complexity index is 128. The monoisotopic (exact) mass is 235 g/mol. The van der Waals surface area contributed by atoms with E-state index < -0.39 is 0 Å². The van der Waals surface area contributed by atoms with E-state index in [4.69, 9.17) is 0 Å². The molecule has 0 heterocycles. The fraction of sp³-hybridized carbons (Fsp3) is 1.00. The van der Waals surface area contributed by atoms with Crippen LogP contribution in [0.1, 0.15) is 27.7 Å². The van der Waals surface area contributed by atoms with Crippen molar-refractivity contribution < 1.29 is 0 Å². The van der Waals surface area contributed by atoms with Crippen LogP contribution in [0.4, 0.5) is 0 Å². The molecule has 14 heavy (non-hydrogen) atoms. The van der Waals surface area contributed by atoms with Gasteiger partial charge in [-0.1, -0.05) is 20.8 Å². The molecule has 1 N–H and O–H groups in total. The first-order valence-electron chi connectivity index (χ1n) is 5.40. The van der Waals surface area contributed by atoms with E-state index >= 15 is 0 Å². The van der Waals surface area contributed by atoms with E-state index in [0.29, 0.717) is 6.04 Å². The lowest BCUT2D eigenvalue weighted by atomic mass is 10.3. The molecular formula is C11H25NS2. The number of thioether (sulfide) groups is 2. The molecule has 86 valence electrons. The van der Waals surface area contributed by atoms with Gasteiger partial charge in [-0.15, -0.1) is 0 Å². The van der Waals surface area contributed by atoms with E-state index in [-0.39, 0.29) is 0 Å². The molecule has 0 saturated carbocycles. The van der Waals surface area contributed by atoms with Gasteiger partial charge in [-0.05, 0) is 24.9 Å². The Morgan fingerprint density at radius 3 is 2.21 bits per heavy atom. The molecule has 2 unspecified atom stereocenters. The normalized spacial score (nSPS) is 15.9. The van der Waals surface area contributed by atoms with Gasteiger partial charge in [0, 0.05) is 23.6 Å². The largest absolute Gasteiger partial charge is 0.312 e. The van der Waals surface area contributed by atoms with Gasteiger partial charge in [0.05, 0.1) is 0 Å². The van der Waals surface area contributed by atoms with Crippen LogP contribution in [0.25, 0.3) is 0 Å². The lowest BCUT2D eigenvalue weighted by Gasteiger charge is -2.16. The Morgan fingerprint density at radius 1 is 1.07 bits per heavy atom. The molecule has 0 aliphatic carbocycles. The van der Waals surface area contributed by atoms with Crippen molar-refractivity contribution >= 4 is 23.5 Å². The average Bonchev–Trinajstić information content (AvgIpc) is 2.13. The van der Waals surface area contributed by atoms with Crippen molar-refractivity contribution in [3.05, 3.63) is 0 Å². The van der Waals surface area contributed by atoms with Crippen LogP contribution in [-0.2, 0) is 0 Å². The van der Waals surface area contributed by atoms with Crippen molar-refractivity contribution in [2.45, 2.75) is 39.0 Å². The van der Waals surface area contributed by atoms with Crippen molar-refractivity contribution in [1.82, 2.24) is 5.32 Å². The molecule has 0 rings (SSSR count). The number of rotatable bonds is 8. The number of nitrogens with one attached hydrogen (secondary N) is 1. The van der Waals surface area contributed by atoms with Gasteiger partial charge in [-0.2, -0.15) is 23.5 Å². The summed E-state index contributed by atoms with van der Waals surface area (Å²) in [5.74, 6) is 3.33. The highest BCUT2D eigenvalue weighted by molar-refractivity contribution is 7.99. The summed E-state index contributed by atoms with van der Waals surface area (Å²) < 4.78 is 0.